The summed E-state index contributed by atoms with van der Waals surface area (Å²) in [6, 6.07) is 9.38. The maximum atomic E-state index is 11.8. The molecule has 2 N–H and O–H groups in total. The lowest BCUT2D eigenvalue weighted by atomic mass is 10.2. The molecule has 3 rings (SSSR count). The van der Waals surface area contributed by atoms with Gasteiger partial charge in [0.25, 0.3) is 0 Å². The molecular formula is C14H16N4O2. The summed E-state index contributed by atoms with van der Waals surface area (Å²) in [5.41, 5.74) is 0.819. The van der Waals surface area contributed by atoms with Gasteiger partial charge in [0, 0.05) is 11.6 Å². The van der Waals surface area contributed by atoms with Crippen LogP contribution in [0, 0.1) is 5.92 Å². The molecule has 104 valence electrons. The predicted octanol–water partition coefficient (Wildman–Crippen LogP) is 2.66. The van der Waals surface area contributed by atoms with E-state index in [2.05, 4.69) is 20.8 Å². The van der Waals surface area contributed by atoms with Gasteiger partial charge in [-0.3, -0.25) is 5.32 Å². The van der Waals surface area contributed by atoms with Crippen molar-refractivity contribution in [1.29, 1.82) is 0 Å². The summed E-state index contributed by atoms with van der Waals surface area (Å²) < 4.78 is 5.40. The largest absolute Gasteiger partial charge is 0.403 e. The number of carbonyl (C=O) groups is 1. The number of nitrogens with zero attached hydrogens (tertiary/aromatic N) is 2. The van der Waals surface area contributed by atoms with Crippen molar-refractivity contribution in [3.8, 4) is 11.5 Å². The third-order valence-corrected chi connectivity index (χ3v) is 3.35. The minimum Gasteiger partial charge on any atom is -0.403 e. The Kier molecular flexibility index (Phi) is 3.37. The molecule has 1 aromatic carbocycles. The van der Waals surface area contributed by atoms with Crippen LogP contribution in [0.1, 0.15) is 19.8 Å². The number of hydrogen-bond donors (Lipinski definition) is 2. The number of hydrogen-bond acceptors (Lipinski definition) is 4. The van der Waals surface area contributed by atoms with Crippen LogP contribution in [0.5, 0.6) is 0 Å². The van der Waals surface area contributed by atoms with Gasteiger partial charge in [-0.15, -0.1) is 5.10 Å². The van der Waals surface area contributed by atoms with E-state index in [1.807, 2.05) is 37.3 Å². The first-order valence-electron chi connectivity index (χ1n) is 6.69. The summed E-state index contributed by atoms with van der Waals surface area (Å²) in [5, 5.41) is 13.1. The van der Waals surface area contributed by atoms with E-state index in [1.54, 1.807) is 0 Å². The van der Waals surface area contributed by atoms with Crippen LogP contribution >= 0.6 is 0 Å². The van der Waals surface area contributed by atoms with Crippen molar-refractivity contribution in [3.05, 3.63) is 30.3 Å². The summed E-state index contributed by atoms with van der Waals surface area (Å²) in [4.78, 5) is 11.8. The van der Waals surface area contributed by atoms with Crippen molar-refractivity contribution < 1.29 is 9.21 Å². The zero-order chi connectivity index (χ0) is 13.9. The van der Waals surface area contributed by atoms with E-state index in [0.717, 1.165) is 5.56 Å². The molecule has 1 atom stereocenters. The molecule has 1 heterocycles. The Morgan fingerprint density at radius 3 is 2.75 bits per heavy atom. The van der Waals surface area contributed by atoms with Crippen LogP contribution in [0.2, 0.25) is 0 Å². The van der Waals surface area contributed by atoms with Crippen molar-refractivity contribution in [1.82, 2.24) is 15.5 Å². The van der Waals surface area contributed by atoms with Crippen molar-refractivity contribution in [3.63, 3.8) is 0 Å². The van der Waals surface area contributed by atoms with Crippen LogP contribution in [0.25, 0.3) is 11.5 Å². The molecule has 0 radical (unpaired) electrons. The van der Waals surface area contributed by atoms with Crippen molar-refractivity contribution in [2.45, 2.75) is 25.8 Å². The van der Waals surface area contributed by atoms with Crippen LogP contribution in [0.15, 0.2) is 34.7 Å². The van der Waals surface area contributed by atoms with E-state index >= 15 is 0 Å². The third kappa shape index (κ3) is 2.96. The van der Waals surface area contributed by atoms with Gasteiger partial charge in [-0.2, -0.15) is 0 Å². The molecule has 1 fully saturated rings. The fraction of sp³-hybridized carbons (Fsp3) is 0.357. The Labute approximate surface area is 116 Å². The van der Waals surface area contributed by atoms with Gasteiger partial charge in [0.2, 0.25) is 5.89 Å². The van der Waals surface area contributed by atoms with Crippen LogP contribution in [-0.2, 0) is 0 Å². The molecule has 0 saturated heterocycles. The lowest BCUT2D eigenvalue weighted by Crippen LogP contribution is -2.37. The SMILES string of the molecule is C[C@H](NC(=O)Nc1nnc(-c2ccccc2)o1)C1CC1. The fourth-order valence-corrected chi connectivity index (χ4v) is 2.03. The van der Waals surface area contributed by atoms with Crippen molar-refractivity contribution in [2.75, 3.05) is 5.32 Å². The standard InChI is InChI=1S/C14H16N4O2/c1-9(10-7-8-10)15-13(19)16-14-18-17-12(20-14)11-5-3-2-4-6-11/h2-6,9-10H,7-8H2,1H3,(H2,15,16,18,19)/t9-/m0/s1. The van der Waals surface area contributed by atoms with Crippen LogP contribution in [0.4, 0.5) is 10.8 Å². The van der Waals surface area contributed by atoms with E-state index in [-0.39, 0.29) is 18.1 Å². The lowest BCUT2D eigenvalue weighted by Gasteiger charge is -2.11. The van der Waals surface area contributed by atoms with Crippen LogP contribution < -0.4 is 10.6 Å². The number of urea groups is 1. The Hall–Kier alpha value is -2.37. The van der Waals surface area contributed by atoms with E-state index in [0.29, 0.717) is 11.8 Å². The molecule has 1 aromatic heterocycles. The smallest absolute Gasteiger partial charge is 0.324 e. The highest BCUT2D eigenvalue weighted by molar-refractivity contribution is 5.87. The van der Waals surface area contributed by atoms with Gasteiger partial charge < -0.3 is 9.73 Å². The van der Waals surface area contributed by atoms with Crippen molar-refractivity contribution in [2.24, 2.45) is 5.92 Å². The summed E-state index contributed by atoms with van der Waals surface area (Å²) in [5.74, 6) is 0.986. The Bertz CT molecular complexity index is 592. The molecule has 1 saturated carbocycles. The second-order valence-corrected chi connectivity index (χ2v) is 5.00. The topological polar surface area (TPSA) is 80.0 Å². The third-order valence-electron chi connectivity index (χ3n) is 3.35. The first-order chi connectivity index (χ1) is 9.72. The molecular weight excluding hydrogens is 256 g/mol. The van der Waals surface area contributed by atoms with E-state index in [9.17, 15) is 4.79 Å². The number of aromatic nitrogens is 2. The number of nitrogens with one attached hydrogen (secondary N) is 2. The number of anilines is 1. The second-order valence-electron chi connectivity index (χ2n) is 5.00. The monoisotopic (exact) mass is 272 g/mol. The van der Waals surface area contributed by atoms with Gasteiger partial charge in [-0.05, 0) is 37.8 Å². The second kappa shape index (κ2) is 5.32. The highest BCUT2D eigenvalue weighted by Crippen LogP contribution is 2.32. The van der Waals surface area contributed by atoms with Crippen LogP contribution in [-0.4, -0.2) is 22.3 Å². The normalized spacial score (nSPS) is 15.7. The maximum Gasteiger partial charge on any atom is 0.324 e. The molecule has 0 spiro atoms. The van der Waals surface area contributed by atoms with E-state index < -0.39 is 0 Å². The maximum absolute atomic E-state index is 11.8. The van der Waals surface area contributed by atoms with E-state index in [1.165, 1.54) is 12.8 Å². The quantitative estimate of drug-likeness (QED) is 0.896. The summed E-state index contributed by atoms with van der Waals surface area (Å²) in [6.07, 6.45) is 2.36. The molecule has 6 nitrogen and oxygen atoms in total. The molecule has 20 heavy (non-hydrogen) atoms. The zero-order valence-electron chi connectivity index (χ0n) is 11.2. The number of carbonyl (C=O) groups excluding carboxylic acids is 1. The molecule has 0 aliphatic heterocycles. The van der Waals surface area contributed by atoms with Gasteiger partial charge in [-0.25, -0.2) is 4.79 Å². The summed E-state index contributed by atoms with van der Waals surface area (Å²) in [6.45, 7) is 2.00. The van der Waals surface area contributed by atoms with Gasteiger partial charge >= 0.3 is 12.0 Å². The number of amides is 2. The van der Waals surface area contributed by atoms with Crippen molar-refractivity contribution >= 4 is 12.0 Å². The summed E-state index contributed by atoms with van der Waals surface area (Å²) >= 11 is 0. The molecule has 1 aliphatic carbocycles. The van der Waals surface area contributed by atoms with Gasteiger partial charge in [-0.1, -0.05) is 23.3 Å². The minimum absolute atomic E-state index is 0.101. The molecule has 2 aromatic rings. The summed E-state index contributed by atoms with van der Waals surface area (Å²) in [7, 11) is 0. The van der Waals surface area contributed by atoms with Gasteiger partial charge in [0.05, 0.1) is 0 Å². The number of benzene rings is 1. The van der Waals surface area contributed by atoms with Gasteiger partial charge in [0.15, 0.2) is 0 Å². The van der Waals surface area contributed by atoms with E-state index in [4.69, 9.17) is 4.42 Å². The lowest BCUT2D eigenvalue weighted by molar-refractivity contribution is 0.247. The van der Waals surface area contributed by atoms with Gasteiger partial charge in [0.1, 0.15) is 0 Å². The molecule has 0 unspecified atom stereocenters. The first-order valence-corrected chi connectivity index (χ1v) is 6.69. The molecule has 6 heteroatoms. The number of rotatable bonds is 4. The molecule has 2 amide bonds. The average molecular weight is 272 g/mol. The Morgan fingerprint density at radius 2 is 2.05 bits per heavy atom. The Morgan fingerprint density at radius 1 is 1.30 bits per heavy atom. The highest BCUT2D eigenvalue weighted by Gasteiger charge is 2.29. The first kappa shape index (κ1) is 12.7. The average Bonchev–Trinajstić information content (AvgIpc) is 3.21. The predicted molar refractivity (Wildman–Crippen MR) is 74.1 cm³/mol. The molecule has 0 bridgehead atoms. The molecule has 1 aliphatic rings. The Balaban J connectivity index is 1.61. The minimum atomic E-state index is -0.312. The highest BCUT2D eigenvalue weighted by atomic mass is 16.4. The van der Waals surface area contributed by atoms with Crippen LogP contribution in [0.3, 0.4) is 0 Å². The zero-order valence-corrected chi connectivity index (χ0v) is 11.2. The fourth-order valence-electron chi connectivity index (χ4n) is 2.03.